The van der Waals surface area contributed by atoms with Crippen molar-refractivity contribution in [1.82, 2.24) is 15.8 Å². The van der Waals surface area contributed by atoms with Gasteiger partial charge in [0.05, 0.1) is 0 Å². The first kappa shape index (κ1) is 18.9. The average molecular weight is 383 g/mol. The largest absolute Gasteiger partial charge is 0.481 e. The van der Waals surface area contributed by atoms with Gasteiger partial charge in [0.25, 0.3) is 17.4 Å². The van der Waals surface area contributed by atoms with Gasteiger partial charge in [-0.25, -0.2) is 4.79 Å². The Morgan fingerprint density at radius 2 is 1.93 bits per heavy atom. The van der Waals surface area contributed by atoms with Crippen molar-refractivity contribution < 1.29 is 18.7 Å². The summed E-state index contributed by atoms with van der Waals surface area (Å²) in [6.07, 6.45) is 0.421. The number of carbonyl (C=O) groups is 2. The van der Waals surface area contributed by atoms with E-state index in [0.29, 0.717) is 11.3 Å². The minimum Gasteiger partial charge on any atom is -0.481 e. The van der Waals surface area contributed by atoms with Crippen LogP contribution in [-0.2, 0) is 4.79 Å². The third kappa shape index (κ3) is 4.09. The summed E-state index contributed by atoms with van der Waals surface area (Å²) in [4.78, 5) is 49.5. The second-order valence-electron chi connectivity index (χ2n) is 6.02. The fourth-order valence-electron chi connectivity index (χ4n) is 2.52. The Bertz CT molecular complexity index is 1160. The minimum absolute atomic E-state index is 0.142. The van der Waals surface area contributed by atoms with E-state index in [4.69, 9.17) is 9.15 Å². The summed E-state index contributed by atoms with van der Waals surface area (Å²) in [5.74, 6) is -1.08. The van der Waals surface area contributed by atoms with E-state index in [1.165, 1.54) is 37.4 Å². The van der Waals surface area contributed by atoms with Crippen LogP contribution < -0.4 is 26.8 Å². The van der Waals surface area contributed by atoms with E-state index >= 15 is 0 Å². The van der Waals surface area contributed by atoms with Crippen molar-refractivity contribution >= 4 is 22.8 Å². The van der Waals surface area contributed by atoms with Crippen LogP contribution in [0.15, 0.2) is 56.6 Å². The van der Waals surface area contributed by atoms with Crippen LogP contribution in [0.2, 0.25) is 0 Å². The van der Waals surface area contributed by atoms with Crippen LogP contribution in [-0.4, -0.2) is 22.9 Å². The van der Waals surface area contributed by atoms with Crippen LogP contribution in [0.3, 0.4) is 0 Å². The highest BCUT2D eigenvalue weighted by atomic mass is 16.5. The van der Waals surface area contributed by atoms with E-state index in [1.54, 1.807) is 19.1 Å². The molecule has 3 aromatic rings. The molecule has 1 aromatic carbocycles. The zero-order chi connectivity index (χ0) is 20.3. The Hall–Kier alpha value is -3.88. The lowest BCUT2D eigenvalue weighted by molar-refractivity contribution is -0.128. The van der Waals surface area contributed by atoms with Crippen LogP contribution >= 0.6 is 0 Å². The zero-order valence-corrected chi connectivity index (χ0v) is 15.1. The topological polar surface area (TPSA) is 130 Å². The van der Waals surface area contributed by atoms with Gasteiger partial charge in [0.1, 0.15) is 16.9 Å². The Balaban J connectivity index is 1.65. The van der Waals surface area contributed by atoms with Crippen molar-refractivity contribution in [1.29, 1.82) is 0 Å². The van der Waals surface area contributed by atoms with Crippen LogP contribution in [0, 0.1) is 6.92 Å². The van der Waals surface area contributed by atoms with E-state index in [0.717, 1.165) is 10.9 Å². The van der Waals surface area contributed by atoms with Crippen molar-refractivity contribution in [3.05, 3.63) is 74.5 Å². The molecule has 0 saturated carbocycles. The lowest BCUT2D eigenvalue weighted by Crippen LogP contribution is -2.48. The first-order chi connectivity index (χ1) is 13.3. The highest BCUT2D eigenvalue weighted by molar-refractivity contribution is 5.95. The van der Waals surface area contributed by atoms with Crippen LogP contribution in [0.4, 0.5) is 0 Å². The summed E-state index contributed by atoms with van der Waals surface area (Å²) in [6, 6.07) is 9.07. The van der Waals surface area contributed by atoms with Crippen LogP contribution in [0.25, 0.3) is 11.0 Å². The van der Waals surface area contributed by atoms with Gasteiger partial charge in [0.2, 0.25) is 0 Å². The van der Waals surface area contributed by atoms with Gasteiger partial charge in [0, 0.05) is 23.7 Å². The Morgan fingerprint density at radius 3 is 2.68 bits per heavy atom. The predicted molar refractivity (Wildman–Crippen MR) is 100.0 cm³/mol. The third-order valence-corrected chi connectivity index (χ3v) is 3.97. The smallest absolute Gasteiger partial charge is 0.336 e. The first-order valence-electron chi connectivity index (χ1n) is 8.34. The summed E-state index contributed by atoms with van der Waals surface area (Å²) in [5, 5.41) is 0.754. The van der Waals surface area contributed by atoms with E-state index in [9.17, 15) is 19.2 Å². The maximum Gasteiger partial charge on any atom is 0.336 e. The molecule has 0 aliphatic carbocycles. The van der Waals surface area contributed by atoms with Gasteiger partial charge < -0.3 is 14.1 Å². The highest BCUT2D eigenvalue weighted by Crippen LogP contribution is 2.22. The molecule has 2 heterocycles. The number of benzene rings is 1. The number of amides is 2. The van der Waals surface area contributed by atoms with Gasteiger partial charge in [-0.15, -0.1) is 0 Å². The van der Waals surface area contributed by atoms with Crippen molar-refractivity contribution in [3.63, 3.8) is 0 Å². The molecule has 9 heteroatoms. The molecule has 0 bridgehead atoms. The maximum absolute atomic E-state index is 12.1. The number of carbonyl (C=O) groups excluding carboxylic acids is 2. The van der Waals surface area contributed by atoms with E-state index in [1.807, 2.05) is 0 Å². The highest BCUT2D eigenvalue weighted by Gasteiger charge is 2.17. The molecule has 0 spiro atoms. The molecule has 0 radical (unpaired) electrons. The molecule has 1 atom stereocenters. The van der Waals surface area contributed by atoms with Crippen molar-refractivity contribution in [3.8, 4) is 5.75 Å². The number of fused-ring (bicyclic) bond motifs is 1. The van der Waals surface area contributed by atoms with Crippen molar-refractivity contribution in [2.45, 2.75) is 20.0 Å². The number of hydrogen-bond donors (Lipinski definition) is 3. The second kappa shape index (κ2) is 7.78. The van der Waals surface area contributed by atoms with E-state index in [-0.39, 0.29) is 5.56 Å². The molecule has 28 heavy (non-hydrogen) atoms. The van der Waals surface area contributed by atoms with E-state index < -0.39 is 29.1 Å². The summed E-state index contributed by atoms with van der Waals surface area (Å²) < 4.78 is 10.7. The number of nitrogens with one attached hydrogen (secondary N) is 3. The second-order valence-corrected chi connectivity index (χ2v) is 6.02. The number of ether oxygens (including phenoxy) is 1. The number of aromatic amines is 1. The molecule has 144 valence electrons. The van der Waals surface area contributed by atoms with E-state index in [2.05, 4.69) is 15.8 Å². The maximum atomic E-state index is 12.1. The third-order valence-electron chi connectivity index (χ3n) is 3.97. The standard InChI is InChI=1S/C19H17N3O6/c1-10-8-16(23)28-15-9-12(5-6-13(10)15)27-11(2)17(24)21-22-19(26)14-4-3-7-20-18(14)25/h3-9,11H,1-2H3,(H,20,25)(H,21,24)(H,22,26). The molecule has 2 amide bonds. The lowest BCUT2D eigenvalue weighted by atomic mass is 10.1. The van der Waals surface area contributed by atoms with Gasteiger partial charge >= 0.3 is 5.63 Å². The number of H-pyrrole nitrogens is 1. The summed E-state index contributed by atoms with van der Waals surface area (Å²) >= 11 is 0. The van der Waals surface area contributed by atoms with Gasteiger partial charge in [-0.05, 0) is 43.7 Å². The Morgan fingerprint density at radius 1 is 1.14 bits per heavy atom. The van der Waals surface area contributed by atoms with Crippen molar-refractivity contribution in [2.75, 3.05) is 0 Å². The fraction of sp³-hybridized carbons (Fsp3) is 0.158. The summed E-state index contributed by atoms with van der Waals surface area (Å²) in [6.45, 7) is 3.27. The Labute approximate surface area is 158 Å². The SMILES string of the molecule is Cc1cc(=O)oc2cc(OC(C)C(=O)NNC(=O)c3ccc[nH]c3=O)ccc12. The number of hydrogen-bond acceptors (Lipinski definition) is 6. The number of aryl methyl sites for hydroxylation is 1. The number of rotatable bonds is 4. The molecule has 2 aromatic heterocycles. The van der Waals surface area contributed by atoms with Crippen LogP contribution in [0.5, 0.6) is 5.75 Å². The molecule has 3 N–H and O–H groups in total. The normalized spacial score (nSPS) is 11.6. The molecule has 1 unspecified atom stereocenters. The van der Waals surface area contributed by atoms with Gasteiger partial charge in [-0.2, -0.15) is 0 Å². The zero-order valence-electron chi connectivity index (χ0n) is 15.1. The average Bonchev–Trinajstić information content (AvgIpc) is 2.65. The molecular weight excluding hydrogens is 366 g/mol. The number of aromatic nitrogens is 1. The monoisotopic (exact) mass is 383 g/mol. The fourth-order valence-corrected chi connectivity index (χ4v) is 2.52. The quantitative estimate of drug-likeness (QED) is 0.455. The molecule has 0 fully saturated rings. The molecule has 3 rings (SSSR count). The van der Waals surface area contributed by atoms with Gasteiger partial charge in [-0.1, -0.05) is 0 Å². The molecule has 0 aliphatic heterocycles. The van der Waals surface area contributed by atoms with Gasteiger partial charge in [0.15, 0.2) is 6.10 Å². The van der Waals surface area contributed by atoms with Gasteiger partial charge in [-0.3, -0.25) is 25.2 Å². The number of hydrazine groups is 1. The molecule has 0 aliphatic rings. The minimum atomic E-state index is -0.969. The first-order valence-corrected chi connectivity index (χ1v) is 8.34. The van der Waals surface area contributed by atoms with Crippen molar-refractivity contribution in [2.24, 2.45) is 0 Å². The summed E-state index contributed by atoms with van der Waals surface area (Å²) in [5.41, 5.74) is 4.25. The summed E-state index contributed by atoms with van der Waals surface area (Å²) in [7, 11) is 0. The molecular formula is C19H17N3O6. The number of pyridine rings is 1. The molecule has 9 nitrogen and oxygen atoms in total. The Kier molecular flexibility index (Phi) is 5.25. The van der Waals surface area contributed by atoms with Crippen LogP contribution in [0.1, 0.15) is 22.8 Å². The lowest BCUT2D eigenvalue weighted by Gasteiger charge is -2.15. The molecule has 0 saturated heterocycles. The predicted octanol–water partition coefficient (Wildman–Crippen LogP) is 1.02.